The van der Waals surface area contributed by atoms with Crippen LogP contribution in [0.15, 0.2) is 46.9 Å². The molecule has 3 N–H and O–H groups in total. The molecule has 0 unspecified atom stereocenters. The van der Waals surface area contributed by atoms with Crippen molar-refractivity contribution in [1.29, 1.82) is 0 Å². The van der Waals surface area contributed by atoms with Crippen molar-refractivity contribution in [3.05, 3.63) is 58.1 Å². The maximum Gasteiger partial charge on any atom is 0.335 e. The summed E-state index contributed by atoms with van der Waals surface area (Å²) >= 11 is 8.45. The van der Waals surface area contributed by atoms with Crippen LogP contribution in [0.3, 0.4) is 0 Å². The summed E-state index contributed by atoms with van der Waals surface area (Å²) in [4.78, 5) is 23.4. The minimum atomic E-state index is -1.05. The number of aromatic carboxylic acids is 1. The molecule has 8 heteroatoms. The van der Waals surface area contributed by atoms with Gasteiger partial charge in [0.15, 0.2) is 5.11 Å². The van der Waals surface area contributed by atoms with Crippen LogP contribution in [0.4, 0.5) is 5.69 Å². The van der Waals surface area contributed by atoms with Gasteiger partial charge in [0.1, 0.15) is 5.75 Å². The van der Waals surface area contributed by atoms with Gasteiger partial charge in [-0.25, -0.2) is 4.79 Å². The van der Waals surface area contributed by atoms with Crippen LogP contribution in [0.25, 0.3) is 0 Å². The van der Waals surface area contributed by atoms with E-state index in [0.717, 1.165) is 12.8 Å². The highest BCUT2D eigenvalue weighted by molar-refractivity contribution is 9.10. The molecule has 0 aliphatic rings. The second kappa shape index (κ2) is 10.0. The van der Waals surface area contributed by atoms with Gasteiger partial charge in [-0.1, -0.05) is 13.3 Å². The van der Waals surface area contributed by atoms with Crippen molar-refractivity contribution in [3.63, 3.8) is 0 Å². The highest BCUT2D eigenvalue weighted by Crippen LogP contribution is 2.23. The van der Waals surface area contributed by atoms with Gasteiger partial charge in [-0.05, 0) is 77.0 Å². The van der Waals surface area contributed by atoms with Crippen molar-refractivity contribution in [2.75, 3.05) is 11.9 Å². The van der Waals surface area contributed by atoms with Crippen LogP contribution < -0.4 is 15.4 Å². The first-order valence-corrected chi connectivity index (χ1v) is 9.49. The van der Waals surface area contributed by atoms with Crippen LogP contribution in [-0.4, -0.2) is 28.7 Å². The zero-order chi connectivity index (χ0) is 19.8. The average molecular weight is 451 g/mol. The van der Waals surface area contributed by atoms with Crippen LogP contribution in [0.1, 0.15) is 40.5 Å². The average Bonchev–Trinajstić information content (AvgIpc) is 2.64. The van der Waals surface area contributed by atoms with Gasteiger partial charge in [-0.3, -0.25) is 10.1 Å². The summed E-state index contributed by atoms with van der Waals surface area (Å²) in [6, 6.07) is 11.2. The molecule has 0 radical (unpaired) electrons. The second-order valence-corrected chi connectivity index (χ2v) is 6.90. The summed E-state index contributed by atoms with van der Waals surface area (Å²) in [5, 5.41) is 14.5. The Morgan fingerprint density at radius 1 is 1.15 bits per heavy atom. The Kier molecular flexibility index (Phi) is 7.75. The Balaban J connectivity index is 1.96. The summed E-state index contributed by atoms with van der Waals surface area (Å²) < 4.78 is 6.18. The lowest BCUT2D eigenvalue weighted by Crippen LogP contribution is -2.34. The molecule has 6 nitrogen and oxygen atoms in total. The van der Waals surface area contributed by atoms with Crippen molar-refractivity contribution < 1.29 is 19.4 Å². The quantitative estimate of drug-likeness (QED) is 0.426. The number of ether oxygens (including phenoxy) is 1. The molecule has 0 heterocycles. The Labute approximate surface area is 171 Å². The number of carbonyl (C=O) groups excluding carboxylic acids is 1. The second-order valence-electron chi connectivity index (χ2n) is 5.63. The first-order chi connectivity index (χ1) is 12.9. The van der Waals surface area contributed by atoms with Gasteiger partial charge < -0.3 is 15.2 Å². The number of carbonyl (C=O) groups is 2. The van der Waals surface area contributed by atoms with Gasteiger partial charge in [0.05, 0.1) is 17.9 Å². The molecule has 0 bridgehead atoms. The number of benzene rings is 2. The molecule has 27 heavy (non-hydrogen) atoms. The Morgan fingerprint density at radius 2 is 1.81 bits per heavy atom. The minimum Gasteiger partial charge on any atom is -0.494 e. The van der Waals surface area contributed by atoms with Crippen molar-refractivity contribution in [2.24, 2.45) is 0 Å². The minimum absolute atomic E-state index is 0.0616. The smallest absolute Gasteiger partial charge is 0.335 e. The van der Waals surface area contributed by atoms with Gasteiger partial charge in [0, 0.05) is 10.0 Å². The van der Waals surface area contributed by atoms with E-state index in [0.29, 0.717) is 28.1 Å². The number of carboxylic acids is 1. The predicted molar refractivity (Wildman–Crippen MR) is 112 cm³/mol. The molecule has 0 aromatic heterocycles. The zero-order valence-electron chi connectivity index (χ0n) is 14.6. The van der Waals surface area contributed by atoms with Crippen molar-refractivity contribution in [2.45, 2.75) is 19.8 Å². The SMILES string of the molecule is CCCCOc1ccc(C(=O)NC(=S)Nc2cc(C(=O)O)ccc2Br)cc1. The van der Waals surface area contributed by atoms with Crippen LogP contribution >= 0.6 is 28.1 Å². The summed E-state index contributed by atoms with van der Waals surface area (Å²) in [6.45, 7) is 2.73. The molecule has 2 rings (SSSR count). The standard InChI is InChI=1S/C19H19BrN2O4S/c1-2-3-10-26-14-7-4-12(5-8-14)17(23)22-19(27)21-16-11-13(18(24)25)6-9-15(16)20/h4-9,11H,2-3,10H2,1H3,(H,24,25)(H2,21,22,23,27). The number of thiocarbonyl (C=S) groups is 1. The highest BCUT2D eigenvalue weighted by atomic mass is 79.9. The molecular formula is C19H19BrN2O4S. The maximum absolute atomic E-state index is 12.3. The van der Waals surface area contributed by atoms with Crippen molar-refractivity contribution >= 4 is 50.8 Å². The van der Waals surface area contributed by atoms with Crippen molar-refractivity contribution in [3.8, 4) is 5.75 Å². The molecule has 0 aliphatic heterocycles. The van der Waals surface area contributed by atoms with Gasteiger partial charge in [-0.15, -0.1) is 0 Å². The number of hydrogen-bond donors (Lipinski definition) is 3. The molecule has 142 valence electrons. The molecule has 0 atom stereocenters. The molecule has 1 amide bonds. The number of rotatable bonds is 7. The first kappa shape index (κ1) is 20.9. The largest absolute Gasteiger partial charge is 0.494 e. The van der Waals surface area contributed by atoms with E-state index < -0.39 is 5.97 Å². The normalized spacial score (nSPS) is 10.1. The van der Waals surface area contributed by atoms with E-state index in [2.05, 4.69) is 33.5 Å². The third-order valence-corrected chi connectivity index (χ3v) is 4.47. The fourth-order valence-corrected chi connectivity index (χ4v) is 2.67. The van der Waals surface area contributed by atoms with E-state index in [1.165, 1.54) is 12.1 Å². The lowest BCUT2D eigenvalue weighted by molar-refractivity contribution is 0.0696. The number of halogens is 1. The van der Waals surface area contributed by atoms with Crippen LogP contribution in [0.5, 0.6) is 5.75 Å². The van der Waals surface area contributed by atoms with Gasteiger partial charge in [0.2, 0.25) is 0 Å². The molecule has 2 aromatic carbocycles. The van der Waals surface area contributed by atoms with Crippen LogP contribution in [0.2, 0.25) is 0 Å². The maximum atomic E-state index is 12.3. The number of carboxylic acid groups (broad SMARTS) is 1. The number of amides is 1. The lowest BCUT2D eigenvalue weighted by Gasteiger charge is -2.12. The Hall–Kier alpha value is -2.45. The van der Waals surface area contributed by atoms with Gasteiger partial charge >= 0.3 is 5.97 Å². The Morgan fingerprint density at radius 3 is 2.44 bits per heavy atom. The molecule has 2 aromatic rings. The van der Waals surface area contributed by atoms with Crippen LogP contribution in [0, 0.1) is 0 Å². The van der Waals surface area contributed by atoms with E-state index in [1.54, 1.807) is 30.3 Å². The highest BCUT2D eigenvalue weighted by Gasteiger charge is 2.11. The van der Waals surface area contributed by atoms with E-state index in [9.17, 15) is 9.59 Å². The Bertz CT molecular complexity index is 840. The predicted octanol–water partition coefficient (Wildman–Crippen LogP) is 4.45. The summed E-state index contributed by atoms with van der Waals surface area (Å²) in [5.41, 5.74) is 0.980. The first-order valence-electron chi connectivity index (χ1n) is 8.28. The molecule has 0 fully saturated rings. The van der Waals surface area contributed by atoms with E-state index in [4.69, 9.17) is 22.1 Å². The van der Waals surface area contributed by atoms with E-state index in [-0.39, 0.29) is 16.6 Å². The molecule has 0 spiro atoms. The number of nitrogens with one attached hydrogen (secondary N) is 2. The third-order valence-electron chi connectivity index (χ3n) is 3.57. The number of unbranched alkanes of at least 4 members (excludes halogenated alkanes) is 1. The van der Waals surface area contributed by atoms with E-state index in [1.807, 2.05) is 0 Å². The van der Waals surface area contributed by atoms with Crippen LogP contribution in [-0.2, 0) is 0 Å². The lowest BCUT2D eigenvalue weighted by atomic mass is 10.2. The zero-order valence-corrected chi connectivity index (χ0v) is 17.0. The molecule has 0 saturated carbocycles. The third kappa shape index (κ3) is 6.33. The van der Waals surface area contributed by atoms with E-state index >= 15 is 0 Å². The number of anilines is 1. The summed E-state index contributed by atoms with van der Waals surface area (Å²) in [5.74, 6) is -0.727. The van der Waals surface area contributed by atoms with Crippen molar-refractivity contribution in [1.82, 2.24) is 5.32 Å². The summed E-state index contributed by atoms with van der Waals surface area (Å²) in [7, 11) is 0. The van der Waals surface area contributed by atoms with Gasteiger partial charge in [0.25, 0.3) is 5.91 Å². The fraction of sp³-hybridized carbons (Fsp3) is 0.211. The monoisotopic (exact) mass is 450 g/mol. The molecule has 0 aliphatic carbocycles. The topological polar surface area (TPSA) is 87.7 Å². The fourth-order valence-electron chi connectivity index (χ4n) is 2.12. The number of hydrogen-bond acceptors (Lipinski definition) is 4. The summed E-state index contributed by atoms with van der Waals surface area (Å²) in [6.07, 6.45) is 2.03. The molecular weight excluding hydrogens is 432 g/mol. The van der Waals surface area contributed by atoms with Gasteiger partial charge in [-0.2, -0.15) is 0 Å². The molecule has 0 saturated heterocycles.